The molecule has 9 heteroatoms. The van der Waals surface area contributed by atoms with Crippen molar-refractivity contribution in [2.45, 2.75) is 32.7 Å². The molecule has 0 unspecified atom stereocenters. The molecule has 1 fully saturated rings. The van der Waals surface area contributed by atoms with Crippen LogP contribution in [0.5, 0.6) is 5.75 Å². The van der Waals surface area contributed by atoms with E-state index in [0.717, 1.165) is 18.2 Å². The van der Waals surface area contributed by atoms with E-state index in [9.17, 15) is 9.59 Å². The molecular formula is C21H25N5O3S. The molecule has 1 aliphatic rings. The van der Waals surface area contributed by atoms with Gasteiger partial charge < -0.3 is 21.1 Å². The van der Waals surface area contributed by atoms with Crippen molar-refractivity contribution in [1.82, 2.24) is 15.3 Å². The summed E-state index contributed by atoms with van der Waals surface area (Å²) in [5, 5.41) is 9.08. The first-order valence-electron chi connectivity index (χ1n) is 9.77. The summed E-state index contributed by atoms with van der Waals surface area (Å²) in [7, 11) is 3.32. The van der Waals surface area contributed by atoms with Gasteiger partial charge in [0.25, 0.3) is 11.8 Å². The third kappa shape index (κ3) is 4.20. The van der Waals surface area contributed by atoms with Crippen molar-refractivity contribution in [3.05, 3.63) is 35.0 Å². The van der Waals surface area contributed by atoms with Gasteiger partial charge in [0.1, 0.15) is 16.5 Å². The summed E-state index contributed by atoms with van der Waals surface area (Å²) in [5.41, 5.74) is 8.06. The van der Waals surface area contributed by atoms with E-state index < -0.39 is 5.91 Å². The lowest BCUT2D eigenvalue weighted by atomic mass is 10.0. The van der Waals surface area contributed by atoms with Gasteiger partial charge in [-0.15, -0.1) is 11.3 Å². The average Bonchev–Trinajstić information content (AvgIpc) is 3.43. The Kier molecular flexibility index (Phi) is 6.51. The lowest BCUT2D eigenvalue weighted by Gasteiger charge is -2.14. The molecule has 1 aliphatic carbocycles. The van der Waals surface area contributed by atoms with Gasteiger partial charge in [-0.1, -0.05) is 13.8 Å². The summed E-state index contributed by atoms with van der Waals surface area (Å²) < 4.78 is 5.50. The molecule has 1 saturated carbocycles. The first kappa shape index (κ1) is 21.5. The van der Waals surface area contributed by atoms with Gasteiger partial charge in [-0.05, 0) is 18.9 Å². The number of benzene rings is 1. The predicted octanol–water partition coefficient (Wildman–Crippen LogP) is 3.43. The molecule has 2 aromatic heterocycles. The lowest BCUT2D eigenvalue weighted by Crippen LogP contribution is -2.26. The smallest absolute Gasteiger partial charge is 0.268 e. The quantitative estimate of drug-likeness (QED) is 0.554. The number of carbonyl (C=O) groups is 2. The highest BCUT2D eigenvalue weighted by Gasteiger charge is 2.26. The van der Waals surface area contributed by atoms with Crippen molar-refractivity contribution in [2.75, 3.05) is 19.5 Å². The first-order chi connectivity index (χ1) is 14.5. The first-order valence-corrected chi connectivity index (χ1v) is 10.6. The monoisotopic (exact) mass is 427 g/mol. The van der Waals surface area contributed by atoms with Crippen LogP contribution < -0.4 is 21.1 Å². The van der Waals surface area contributed by atoms with E-state index in [1.54, 1.807) is 31.8 Å². The Bertz CT molecular complexity index is 1090. The Hall–Kier alpha value is -3.20. The fraction of sp³-hybridized carbons (Fsp3) is 0.333. The van der Waals surface area contributed by atoms with E-state index in [4.69, 9.17) is 10.5 Å². The molecule has 0 bridgehead atoms. The maximum absolute atomic E-state index is 12.6. The minimum Gasteiger partial charge on any atom is -0.496 e. The van der Waals surface area contributed by atoms with Gasteiger partial charge in [0.05, 0.1) is 29.4 Å². The van der Waals surface area contributed by atoms with Gasteiger partial charge in [0.15, 0.2) is 0 Å². The summed E-state index contributed by atoms with van der Waals surface area (Å²) in [5.74, 6) is -0.162. The van der Waals surface area contributed by atoms with Crippen LogP contribution in [0.25, 0.3) is 21.5 Å². The molecule has 0 atom stereocenters. The maximum atomic E-state index is 12.6. The summed E-state index contributed by atoms with van der Waals surface area (Å²) in [6, 6.07) is 3.91. The number of nitrogens with two attached hydrogens (primary N) is 1. The number of nitrogens with zero attached hydrogens (tertiary/aromatic N) is 2. The van der Waals surface area contributed by atoms with Crippen LogP contribution in [0.1, 0.15) is 47.5 Å². The van der Waals surface area contributed by atoms with Crippen molar-refractivity contribution in [1.29, 1.82) is 0 Å². The zero-order valence-electron chi connectivity index (χ0n) is 17.4. The zero-order valence-corrected chi connectivity index (χ0v) is 18.2. The van der Waals surface area contributed by atoms with Crippen LogP contribution in [0.15, 0.2) is 23.7 Å². The largest absolute Gasteiger partial charge is 0.496 e. The Morgan fingerprint density at radius 3 is 2.57 bits per heavy atom. The van der Waals surface area contributed by atoms with Crippen LogP contribution in [0.2, 0.25) is 0 Å². The van der Waals surface area contributed by atoms with Gasteiger partial charge >= 0.3 is 0 Å². The van der Waals surface area contributed by atoms with Crippen molar-refractivity contribution in [2.24, 2.45) is 5.73 Å². The number of nitrogens with one attached hydrogen (secondary N) is 2. The molecule has 4 N–H and O–H groups in total. The van der Waals surface area contributed by atoms with E-state index in [1.807, 2.05) is 19.9 Å². The second-order valence-corrected chi connectivity index (χ2v) is 7.37. The molecule has 2 heterocycles. The molecular weight excluding hydrogens is 402 g/mol. The molecule has 0 spiro atoms. The van der Waals surface area contributed by atoms with Crippen molar-refractivity contribution >= 4 is 39.7 Å². The third-order valence-corrected chi connectivity index (χ3v) is 5.46. The molecule has 0 radical (unpaired) electrons. The minimum absolute atomic E-state index is 0.149. The standard InChI is InChI=1S/C19H19N5O3S.C2H6/c1-21-16-10-5-11(19-24-14(8-28-19)17(20)25)15(27-2)6-13(10)22-7-12(16)18(26)23-9-3-4-9;1-2/h5-9H,3-4H2,1-2H3,(H2,20,25)(H,21,22)(H,23,26);1-2H3. The number of hydrogen-bond acceptors (Lipinski definition) is 7. The van der Waals surface area contributed by atoms with Crippen LogP contribution in [0.4, 0.5) is 5.69 Å². The van der Waals surface area contributed by atoms with Crippen LogP contribution in [-0.2, 0) is 0 Å². The Morgan fingerprint density at radius 2 is 2.00 bits per heavy atom. The van der Waals surface area contributed by atoms with E-state index >= 15 is 0 Å². The fourth-order valence-electron chi connectivity index (χ4n) is 3.00. The number of thiazole rings is 1. The molecule has 3 aromatic rings. The van der Waals surface area contributed by atoms with E-state index in [-0.39, 0.29) is 17.6 Å². The number of amides is 2. The van der Waals surface area contributed by atoms with E-state index in [1.165, 1.54) is 11.3 Å². The normalized spacial score (nSPS) is 12.7. The number of ether oxygens (including phenoxy) is 1. The van der Waals surface area contributed by atoms with Crippen molar-refractivity contribution in [3.63, 3.8) is 0 Å². The number of carbonyl (C=O) groups excluding carboxylic acids is 2. The molecule has 0 saturated heterocycles. The minimum atomic E-state index is -0.584. The zero-order chi connectivity index (χ0) is 21.8. The lowest BCUT2D eigenvalue weighted by molar-refractivity contribution is 0.0950. The number of primary amides is 1. The number of rotatable bonds is 6. The van der Waals surface area contributed by atoms with Crippen LogP contribution in [0.3, 0.4) is 0 Å². The molecule has 4 rings (SSSR count). The summed E-state index contributed by atoms with van der Waals surface area (Å²) >= 11 is 1.30. The van der Waals surface area contributed by atoms with E-state index in [2.05, 4.69) is 20.6 Å². The summed E-state index contributed by atoms with van der Waals surface area (Å²) in [4.78, 5) is 32.7. The van der Waals surface area contributed by atoms with Crippen LogP contribution >= 0.6 is 11.3 Å². The number of fused-ring (bicyclic) bond motifs is 1. The highest BCUT2D eigenvalue weighted by atomic mass is 32.1. The van der Waals surface area contributed by atoms with Crippen molar-refractivity contribution in [3.8, 4) is 16.3 Å². The third-order valence-electron chi connectivity index (χ3n) is 4.58. The molecule has 158 valence electrons. The fourth-order valence-corrected chi connectivity index (χ4v) is 3.83. The highest BCUT2D eigenvalue weighted by Crippen LogP contribution is 2.38. The number of methoxy groups -OCH3 is 1. The number of anilines is 1. The highest BCUT2D eigenvalue weighted by molar-refractivity contribution is 7.13. The van der Waals surface area contributed by atoms with Crippen molar-refractivity contribution < 1.29 is 14.3 Å². The van der Waals surface area contributed by atoms with Gasteiger partial charge in [-0.3, -0.25) is 14.6 Å². The average molecular weight is 428 g/mol. The van der Waals surface area contributed by atoms with Gasteiger partial charge in [-0.2, -0.15) is 0 Å². The van der Waals surface area contributed by atoms with Crippen LogP contribution in [-0.4, -0.2) is 42.0 Å². The maximum Gasteiger partial charge on any atom is 0.268 e. The number of hydrogen-bond donors (Lipinski definition) is 3. The van der Waals surface area contributed by atoms with E-state index in [0.29, 0.717) is 33.1 Å². The number of pyridine rings is 1. The second kappa shape index (κ2) is 9.08. The molecule has 1 aromatic carbocycles. The molecule has 30 heavy (non-hydrogen) atoms. The summed E-state index contributed by atoms with van der Waals surface area (Å²) in [6.07, 6.45) is 3.59. The Labute approximate surface area is 178 Å². The van der Waals surface area contributed by atoms with Crippen LogP contribution in [0, 0.1) is 0 Å². The number of aromatic nitrogens is 2. The van der Waals surface area contributed by atoms with Gasteiger partial charge in [-0.25, -0.2) is 4.98 Å². The second-order valence-electron chi connectivity index (χ2n) is 6.52. The topological polar surface area (TPSA) is 119 Å². The Balaban J connectivity index is 0.00000124. The molecule has 8 nitrogen and oxygen atoms in total. The predicted molar refractivity (Wildman–Crippen MR) is 119 cm³/mol. The van der Waals surface area contributed by atoms with Gasteiger partial charge in [0, 0.05) is 36.1 Å². The Morgan fingerprint density at radius 1 is 1.27 bits per heavy atom. The summed E-state index contributed by atoms with van der Waals surface area (Å²) in [6.45, 7) is 4.00. The van der Waals surface area contributed by atoms with Gasteiger partial charge in [0.2, 0.25) is 0 Å². The molecule has 0 aliphatic heterocycles. The SMILES string of the molecule is CC.CNc1c(C(=O)NC2CC2)cnc2cc(OC)c(-c3nc(C(N)=O)cs3)cc12. The molecule has 2 amide bonds.